The van der Waals surface area contributed by atoms with Gasteiger partial charge in [-0.25, -0.2) is 13.6 Å². The van der Waals surface area contributed by atoms with Crippen molar-refractivity contribution < 1.29 is 45.8 Å². The van der Waals surface area contributed by atoms with Crippen molar-refractivity contribution in [3.63, 3.8) is 0 Å². The van der Waals surface area contributed by atoms with Crippen molar-refractivity contribution in [1.29, 1.82) is 0 Å². The van der Waals surface area contributed by atoms with Gasteiger partial charge in [0.05, 0.1) is 18.8 Å². The predicted molar refractivity (Wildman–Crippen MR) is 73.6 cm³/mol. The smallest absolute Gasteiger partial charge is 0.387 e. The standard InChI is InChI=1S/C15H13F5O5/c1-3-23-6-8(14(22)24-4-2)12(21)7-5-9(16)11(18)13(10(7)17)25-15(19)20/h5-6,15H,3-4H2,1-2H3. The molecule has 1 aromatic carbocycles. The molecule has 0 aliphatic heterocycles. The van der Waals surface area contributed by atoms with Gasteiger partial charge in [-0.2, -0.15) is 13.2 Å². The van der Waals surface area contributed by atoms with Crippen molar-refractivity contribution in [2.24, 2.45) is 0 Å². The van der Waals surface area contributed by atoms with Gasteiger partial charge in [-0.3, -0.25) is 4.79 Å². The van der Waals surface area contributed by atoms with E-state index in [0.717, 1.165) is 0 Å². The van der Waals surface area contributed by atoms with E-state index in [0.29, 0.717) is 6.26 Å². The van der Waals surface area contributed by atoms with Gasteiger partial charge in [-0.05, 0) is 19.9 Å². The molecule has 1 aromatic rings. The second-order valence-corrected chi connectivity index (χ2v) is 4.28. The summed E-state index contributed by atoms with van der Waals surface area (Å²) in [5, 5.41) is 0. The number of ketones is 1. The Bertz CT molecular complexity index is 687. The van der Waals surface area contributed by atoms with Gasteiger partial charge in [0.2, 0.25) is 17.3 Å². The van der Waals surface area contributed by atoms with Crippen LogP contribution >= 0.6 is 0 Å². The van der Waals surface area contributed by atoms with Gasteiger partial charge in [0.1, 0.15) is 11.8 Å². The van der Waals surface area contributed by atoms with Crippen molar-refractivity contribution in [1.82, 2.24) is 0 Å². The lowest BCUT2D eigenvalue weighted by Crippen LogP contribution is -2.19. The third-order valence-electron chi connectivity index (χ3n) is 2.68. The Morgan fingerprint density at radius 2 is 1.76 bits per heavy atom. The molecule has 0 spiro atoms. The number of ether oxygens (including phenoxy) is 3. The molecular formula is C15H13F5O5. The molecule has 0 amide bonds. The first-order valence-corrected chi connectivity index (χ1v) is 6.90. The van der Waals surface area contributed by atoms with E-state index in [1.54, 1.807) is 0 Å². The summed E-state index contributed by atoms with van der Waals surface area (Å²) >= 11 is 0. The highest BCUT2D eigenvalue weighted by molar-refractivity contribution is 6.24. The normalized spacial score (nSPS) is 11.4. The number of benzene rings is 1. The van der Waals surface area contributed by atoms with Crippen LogP contribution in [0.25, 0.3) is 0 Å². The molecule has 0 atom stereocenters. The first-order chi connectivity index (χ1) is 11.7. The van der Waals surface area contributed by atoms with Gasteiger partial charge in [0.25, 0.3) is 0 Å². The molecule has 0 aliphatic carbocycles. The minimum Gasteiger partial charge on any atom is -0.500 e. The molecule has 0 heterocycles. The van der Waals surface area contributed by atoms with Crippen LogP contribution in [-0.2, 0) is 14.3 Å². The van der Waals surface area contributed by atoms with E-state index >= 15 is 0 Å². The maximum Gasteiger partial charge on any atom is 0.387 e. The number of carbonyl (C=O) groups excluding carboxylic acids is 2. The van der Waals surface area contributed by atoms with Crippen LogP contribution in [0, 0.1) is 17.5 Å². The van der Waals surface area contributed by atoms with Gasteiger partial charge in [0, 0.05) is 0 Å². The second kappa shape index (κ2) is 9.00. The zero-order valence-electron chi connectivity index (χ0n) is 13.1. The second-order valence-electron chi connectivity index (χ2n) is 4.28. The SMILES string of the molecule is CCOC=C(C(=O)OCC)C(=O)c1cc(F)c(F)c(OC(F)F)c1F. The van der Waals surface area contributed by atoms with Gasteiger partial charge in [-0.1, -0.05) is 0 Å². The third kappa shape index (κ3) is 4.91. The van der Waals surface area contributed by atoms with E-state index < -0.39 is 52.7 Å². The van der Waals surface area contributed by atoms with E-state index in [1.807, 2.05) is 0 Å². The summed E-state index contributed by atoms with van der Waals surface area (Å²) in [7, 11) is 0. The van der Waals surface area contributed by atoms with Crippen molar-refractivity contribution in [2.45, 2.75) is 20.5 Å². The van der Waals surface area contributed by atoms with E-state index in [4.69, 9.17) is 4.74 Å². The average Bonchev–Trinajstić information content (AvgIpc) is 2.55. The van der Waals surface area contributed by atoms with Crippen molar-refractivity contribution in [2.75, 3.05) is 13.2 Å². The molecule has 0 saturated carbocycles. The van der Waals surface area contributed by atoms with Crippen molar-refractivity contribution in [3.05, 3.63) is 40.9 Å². The predicted octanol–water partition coefficient (Wildman–Crippen LogP) is 3.37. The third-order valence-corrected chi connectivity index (χ3v) is 2.68. The average molecular weight is 368 g/mol. The van der Waals surface area contributed by atoms with Crippen LogP contribution in [0.2, 0.25) is 0 Å². The van der Waals surface area contributed by atoms with E-state index in [-0.39, 0.29) is 19.3 Å². The quantitative estimate of drug-likeness (QED) is 0.103. The van der Waals surface area contributed by atoms with Crippen LogP contribution in [0.3, 0.4) is 0 Å². The summed E-state index contributed by atoms with van der Waals surface area (Å²) in [6.45, 7) is -0.854. The Labute approximate surface area is 139 Å². The number of rotatable bonds is 8. The van der Waals surface area contributed by atoms with Crippen LogP contribution in [0.4, 0.5) is 22.0 Å². The Morgan fingerprint density at radius 3 is 2.28 bits per heavy atom. The van der Waals surface area contributed by atoms with Crippen LogP contribution < -0.4 is 4.74 Å². The van der Waals surface area contributed by atoms with Crippen molar-refractivity contribution >= 4 is 11.8 Å². The number of halogens is 5. The molecule has 0 bridgehead atoms. The fraction of sp³-hybridized carbons (Fsp3) is 0.333. The van der Waals surface area contributed by atoms with E-state index in [2.05, 4.69) is 9.47 Å². The molecule has 138 valence electrons. The fourth-order valence-corrected chi connectivity index (χ4v) is 1.65. The molecule has 0 aliphatic rings. The summed E-state index contributed by atoms with van der Waals surface area (Å²) in [5.41, 5.74) is -2.04. The minimum atomic E-state index is -3.67. The summed E-state index contributed by atoms with van der Waals surface area (Å²) in [4.78, 5) is 24.0. The molecule has 0 N–H and O–H groups in total. The highest BCUT2D eigenvalue weighted by Crippen LogP contribution is 2.30. The molecule has 10 heteroatoms. The van der Waals surface area contributed by atoms with Gasteiger partial charge >= 0.3 is 12.6 Å². The molecule has 1 rings (SSSR count). The zero-order valence-corrected chi connectivity index (χ0v) is 13.1. The molecule has 0 radical (unpaired) electrons. The summed E-state index contributed by atoms with van der Waals surface area (Å²) < 4.78 is 78.5. The molecule has 0 fully saturated rings. The molecule has 25 heavy (non-hydrogen) atoms. The summed E-state index contributed by atoms with van der Waals surface area (Å²) in [6.07, 6.45) is 0.647. The minimum absolute atomic E-state index is 0.0240. The number of alkyl halides is 2. The maximum atomic E-state index is 14.1. The maximum absolute atomic E-state index is 14.1. The largest absolute Gasteiger partial charge is 0.500 e. The molecular weight excluding hydrogens is 355 g/mol. The van der Waals surface area contributed by atoms with Crippen LogP contribution in [0.1, 0.15) is 24.2 Å². The number of hydrogen-bond donors (Lipinski definition) is 0. The lowest BCUT2D eigenvalue weighted by atomic mass is 10.0. The van der Waals surface area contributed by atoms with E-state index in [1.165, 1.54) is 13.8 Å². The molecule has 5 nitrogen and oxygen atoms in total. The summed E-state index contributed by atoms with van der Waals surface area (Å²) in [5.74, 6) is -10.2. The lowest BCUT2D eigenvalue weighted by molar-refractivity contribution is -0.138. The van der Waals surface area contributed by atoms with Crippen LogP contribution in [0.5, 0.6) is 5.75 Å². The van der Waals surface area contributed by atoms with Crippen LogP contribution in [0.15, 0.2) is 17.9 Å². The van der Waals surface area contributed by atoms with Gasteiger partial charge in [-0.15, -0.1) is 0 Å². The van der Waals surface area contributed by atoms with Crippen molar-refractivity contribution in [3.8, 4) is 5.75 Å². The number of Topliss-reactive ketones (excluding diaryl/α,β-unsaturated/α-hetero) is 1. The molecule has 0 unspecified atom stereocenters. The Kier molecular flexibility index (Phi) is 7.34. The first kappa shape index (κ1) is 20.4. The first-order valence-electron chi connectivity index (χ1n) is 6.90. The highest BCUT2D eigenvalue weighted by Gasteiger charge is 2.30. The summed E-state index contributed by atoms with van der Waals surface area (Å²) in [6, 6.07) is 0.115. The number of hydrogen-bond acceptors (Lipinski definition) is 5. The van der Waals surface area contributed by atoms with Crippen LogP contribution in [-0.4, -0.2) is 31.6 Å². The Balaban J connectivity index is 3.43. The Morgan fingerprint density at radius 1 is 1.12 bits per heavy atom. The number of carbonyl (C=O) groups is 2. The molecule has 0 saturated heterocycles. The monoisotopic (exact) mass is 368 g/mol. The lowest BCUT2D eigenvalue weighted by Gasteiger charge is -2.12. The number of esters is 1. The Hall–Kier alpha value is -2.65. The molecule has 0 aromatic heterocycles. The zero-order chi connectivity index (χ0) is 19.1. The fourth-order valence-electron chi connectivity index (χ4n) is 1.65. The highest BCUT2D eigenvalue weighted by atomic mass is 19.3. The van der Waals surface area contributed by atoms with Gasteiger partial charge in [0.15, 0.2) is 11.6 Å². The van der Waals surface area contributed by atoms with Gasteiger partial charge < -0.3 is 14.2 Å². The van der Waals surface area contributed by atoms with E-state index in [9.17, 15) is 31.5 Å². The topological polar surface area (TPSA) is 61.8 Å².